The number of rotatable bonds is 2. The molecule has 0 aromatic rings. The standard InChI is InChI=1S/C9H18S/c1-7(6-8(2)10)9(3,4)5/h7H,6H2,1-5H3. The first-order valence-corrected chi connectivity index (χ1v) is 4.24. The van der Waals surface area contributed by atoms with Crippen LogP contribution in [0.15, 0.2) is 0 Å². The maximum atomic E-state index is 5.04. The first-order valence-electron chi connectivity index (χ1n) is 3.83. The first kappa shape index (κ1) is 10.1. The van der Waals surface area contributed by atoms with Gasteiger partial charge in [0, 0.05) is 0 Å². The fourth-order valence-corrected chi connectivity index (χ4v) is 0.987. The predicted octanol–water partition coefficient (Wildman–Crippen LogP) is 3.45. The summed E-state index contributed by atoms with van der Waals surface area (Å²) in [5.41, 5.74) is 0.403. The molecule has 0 bridgehead atoms. The lowest BCUT2D eigenvalue weighted by Gasteiger charge is -2.26. The van der Waals surface area contributed by atoms with Crippen LogP contribution in [0.25, 0.3) is 0 Å². The zero-order chi connectivity index (χ0) is 8.36. The summed E-state index contributed by atoms with van der Waals surface area (Å²) < 4.78 is 0. The van der Waals surface area contributed by atoms with Gasteiger partial charge in [-0.05, 0) is 29.5 Å². The second kappa shape index (κ2) is 3.47. The van der Waals surface area contributed by atoms with Crippen molar-refractivity contribution in [2.24, 2.45) is 11.3 Å². The SMILES string of the molecule is CC(=S)CC(C)C(C)(C)C. The highest BCUT2D eigenvalue weighted by molar-refractivity contribution is 7.80. The Morgan fingerprint density at radius 3 is 1.90 bits per heavy atom. The molecular weight excluding hydrogens is 140 g/mol. The van der Waals surface area contributed by atoms with Crippen LogP contribution in [-0.2, 0) is 0 Å². The lowest BCUT2D eigenvalue weighted by molar-refractivity contribution is 0.270. The molecular formula is C9H18S. The predicted molar refractivity (Wildman–Crippen MR) is 51.5 cm³/mol. The van der Waals surface area contributed by atoms with Gasteiger partial charge in [0.2, 0.25) is 0 Å². The van der Waals surface area contributed by atoms with Crippen LogP contribution in [0, 0.1) is 11.3 Å². The Morgan fingerprint density at radius 2 is 1.80 bits per heavy atom. The average molecular weight is 158 g/mol. The molecule has 0 amide bonds. The molecule has 1 atom stereocenters. The minimum Gasteiger partial charge on any atom is -0.0900 e. The van der Waals surface area contributed by atoms with Gasteiger partial charge in [-0.25, -0.2) is 0 Å². The number of hydrogen-bond donors (Lipinski definition) is 0. The summed E-state index contributed by atoms with van der Waals surface area (Å²) in [6, 6.07) is 0. The van der Waals surface area contributed by atoms with Gasteiger partial charge in [0.25, 0.3) is 0 Å². The minimum absolute atomic E-state index is 0.403. The molecule has 60 valence electrons. The highest BCUT2D eigenvalue weighted by Gasteiger charge is 2.19. The topological polar surface area (TPSA) is 0 Å². The van der Waals surface area contributed by atoms with Crippen LogP contribution in [0.4, 0.5) is 0 Å². The van der Waals surface area contributed by atoms with E-state index in [1.54, 1.807) is 0 Å². The normalized spacial score (nSPS) is 14.9. The van der Waals surface area contributed by atoms with Gasteiger partial charge in [-0.15, -0.1) is 0 Å². The van der Waals surface area contributed by atoms with Gasteiger partial charge in [0.15, 0.2) is 0 Å². The van der Waals surface area contributed by atoms with E-state index >= 15 is 0 Å². The van der Waals surface area contributed by atoms with Crippen molar-refractivity contribution in [3.63, 3.8) is 0 Å². The third kappa shape index (κ3) is 3.99. The second-order valence-electron chi connectivity index (χ2n) is 4.17. The van der Waals surface area contributed by atoms with E-state index in [4.69, 9.17) is 12.2 Å². The van der Waals surface area contributed by atoms with E-state index < -0.39 is 0 Å². The van der Waals surface area contributed by atoms with Crippen molar-refractivity contribution in [2.75, 3.05) is 0 Å². The Kier molecular flexibility index (Phi) is 3.50. The highest BCUT2D eigenvalue weighted by atomic mass is 32.1. The molecule has 0 saturated heterocycles. The summed E-state index contributed by atoms with van der Waals surface area (Å²) in [7, 11) is 0. The van der Waals surface area contributed by atoms with E-state index in [0.717, 1.165) is 11.3 Å². The summed E-state index contributed by atoms with van der Waals surface area (Å²) >= 11 is 5.04. The summed E-state index contributed by atoms with van der Waals surface area (Å²) in [4.78, 5) is 1.13. The van der Waals surface area contributed by atoms with E-state index in [-0.39, 0.29) is 0 Å². The van der Waals surface area contributed by atoms with Gasteiger partial charge in [-0.3, -0.25) is 0 Å². The van der Waals surface area contributed by atoms with Gasteiger partial charge in [-0.2, -0.15) is 0 Å². The van der Waals surface area contributed by atoms with Crippen LogP contribution < -0.4 is 0 Å². The minimum atomic E-state index is 0.403. The Labute approximate surface area is 70.0 Å². The fraction of sp³-hybridized carbons (Fsp3) is 0.889. The zero-order valence-corrected chi connectivity index (χ0v) is 8.51. The van der Waals surface area contributed by atoms with Gasteiger partial charge in [-0.1, -0.05) is 39.9 Å². The Hall–Kier alpha value is 0.0900. The lowest BCUT2D eigenvalue weighted by atomic mass is 9.80. The van der Waals surface area contributed by atoms with Crippen molar-refractivity contribution in [1.82, 2.24) is 0 Å². The molecule has 1 unspecified atom stereocenters. The maximum Gasteiger partial charge on any atom is -0.00996 e. The summed E-state index contributed by atoms with van der Waals surface area (Å²) in [5, 5.41) is 0. The van der Waals surface area contributed by atoms with Crippen molar-refractivity contribution in [2.45, 2.75) is 41.0 Å². The molecule has 0 spiro atoms. The van der Waals surface area contributed by atoms with Crippen molar-refractivity contribution >= 4 is 17.1 Å². The lowest BCUT2D eigenvalue weighted by Crippen LogP contribution is -2.18. The van der Waals surface area contributed by atoms with Crippen LogP contribution in [0.5, 0.6) is 0 Å². The number of hydrogen-bond acceptors (Lipinski definition) is 1. The average Bonchev–Trinajstić information content (AvgIpc) is 1.60. The quantitative estimate of drug-likeness (QED) is 0.555. The molecule has 1 heteroatoms. The van der Waals surface area contributed by atoms with E-state index in [0.29, 0.717) is 11.3 Å². The molecule has 0 radical (unpaired) electrons. The highest BCUT2D eigenvalue weighted by Crippen LogP contribution is 2.28. The van der Waals surface area contributed by atoms with Crippen LogP contribution in [-0.4, -0.2) is 4.86 Å². The molecule has 0 N–H and O–H groups in total. The summed E-state index contributed by atoms with van der Waals surface area (Å²) in [5.74, 6) is 0.699. The number of thiocarbonyl (C=S) groups is 1. The first-order chi connectivity index (χ1) is 4.34. The Balaban J connectivity index is 3.85. The van der Waals surface area contributed by atoms with Crippen molar-refractivity contribution in [3.8, 4) is 0 Å². The molecule has 0 aromatic heterocycles. The molecule has 0 fully saturated rings. The fourth-order valence-electron chi connectivity index (χ4n) is 0.737. The summed E-state index contributed by atoms with van der Waals surface area (Å²) in [6.07, 6.45) is 1.08. The van der Waals surface area contributed by atoms with Crippen LogP contribution >= 0.6 is 12.2 Å². The molecule has 0 rings (SSSR count). The van der Waals surface area contributed by atoms with Crippen LogP contribution in [0.1, 0.15) is 41.0 Å². The van der Waals surface area contributed by atoms with Crippen LogP contribution in [0.3, 0.4) is 0 Å². The molecule has 0 heterocycles. The Morgan fingerprint density at radius 1 is 1.40 bits per heavy atom. The largest absolute Gasteiger partial charge is 0.0900 e. The van der Waals surface area contributed by atoms with Crippen molar-refractivity contribution in [1.29, 1.82) is 0 Å². The summed E-state index contributed by atoms with van der Waals surface area (Å²) in [6.45, 7) is 11.1. The molecule has 10 heavy (non-hydrogen) atoms. The van der Waals surface area contributed by atoms with Crippen LogP contribution in [0.2, 0.25) is 0 Å². The van der Waals surface area contributed by atoms with Gasteiger partial charge < -0.3 is 0 Å². The third-order valence-corrected chi connectivity index (χ3v) is 2.24. The van der Waals surface area contributed by atoms with Crippen molar-refractivity contribution in [3.05, 3.63) is 0 Å². The Bertz CT molecular complexity index is 119. The maximum absolute atomic E-state index is 5.04. The third-order valence-electron chi connectivity index (χ3n) is 2.07. The molecule has 0 aromatic carbocycles. The molecule has 0 saturated carbocycles. The smallest absolute Gasteiger partial charge is 0.00996 e. The van der Waals surface area contributed by atoms with E-state index in [9.17, 15) is 0 Å². The van der Waals surface area contributed by atoms with Gasteiger partial charge >= 0.3 is 0 Å². The van der Waals surface area contributed by atoms with Crippen molar-refractivity contribution < 1.29 is 0 Å². The van der Waals surface area contributed by atoms with Gasteiger partial charge in [0.1, 0.15) is 0 Å². The van der Waals surface area contributed by atoms with E-state index in [2.05, 4.69) is 27.7 Å². The molecule has 0 aliphatic carbocycles. The molecule has 0 nitrogen and oxygen atoms in total. The monoisotopic (exact) mass is 158 g/mol. The zero-order valence-electron chi connectivity index (χ0n) is 7.69. The molecule has 0 aliphatic rings. The van der Waals surface area contributed by atoms with Gasteiger partial charge in [0.05, 0.1) is 0 Å². The van der Waals surface area contributed by atoms with E-state index in [1.807, 2.05) is 6.92 Å². The van der Waals surface area contributed by atoms with E-state index in [1.165, 1.54) is 0 Å². The molecule has 0 aliphatic heterocycles. The second-order valence-corrected chi connectivity index (χ2v) is 4.87.